The number of nitrogens with zero attached hydrogens (tertiary/aromatic N) is 2. The Kier molecular flexibility index (Phi) is 9.80. The fourth-order valence-corrected chi connectivity index (χ4v) is 5.51. The molecular weight excluding hydrogens is 489 g/mol. The molecule has 1 fully saturated rings. The molecule has 2 aliphatic rings. The molecule has 0 spiro atoms. The Morgan fingerprint density at radius 3 is 2.82 bits per heavy atom. The molecule has 0 aliphatic carbocycles. The lowest BCUT2D eigenvalue weighted by atomic mass is 10.00. The van der Waals surface area contributed by atoms with E-state index in [4.69, 9.17) is 19.2 Å². The second-order valence-electron chi connectivity index (χ2n) is 10.1. The summed E-state index contributed by atoms with van der Waals surface area (Å²) in [5.41, 5.74) is 3.33. The number of benzene rings is 1. The average molecular weight is 530 g/mol. The molecule has 0 amide bonds. The van der Waals surface area contributed by atoms with Crippen molar-refractivity contribution in [1.29, 1.82) is 0 Å². The van der Waals surface area contributed by atoms with Crippen LogP contribution in [-0.2, 0) is 28.8 Å². The highest BCUT2D eigenvalue weighted by Gasteiger charge is 2.36. The Bertz CT molecular complexity index is 1090. The zero-order valence-corrected chi connectivity index (χ0v) is 22.7. The second kappa shape index (κ2) is 13.2. The first kappa shape index (κ1) is 28.1. The van der Waals surface area contributed by atoms with Crippen molar-refractivity contribution in [1.82, 2.24) is 9.88 Å². The molecule has 8 nitrogen and oxygen atoms in total. The number of hydrogen-bond acceptors (Lipinski definition) is 7. The Morgan fingerprint density at radius 1 is 1.24 bits per heavy atom. The zero-order valence-electron chi connectivity index (χ0n) is 22.7. The van der Waals surface area contributed by atoms with Crippen LogP contribution in [-0.4, -0.2) is 67.5 Å². The maximum Gasteiger partial charge on any atom is 0.325 e. The minimum absolute atomic E-state index is 0.000728. The van der Waals surface area contributed by atoms with E-state index < -0.39 is 17.8 Å². The van der Waals surface area contributed by atoms with Crippen LogP contribution in [0, 0.1) is 5.82 Å². The first-order valence-electron chi connectivity index (χ1n) is 13.7. The highest BCUT2D eigenvalue weighted by atomic mass is 19.1. The summed E-state index contributed by atoms with van der Waals surface area (Å²) >= 11 is 0. The van der Waals surface area contributed by atoms with Crippen LogP contribution in [0.15, 0.2) is 18.2 Å². The summed E-state index contributed by atoms with van der Waals surface area (Å²) < 4.78 is 31.5. The van der Waals surface area contributed by atoms with Crippen molar-refractivity contribution in [2.24, 2.45) is 0 Å². The topological polar surface area (TPSA) is 93.2 Å². The van der Waals surface area contributed by atoms with E-state index in [0.29, 0.717) is 31.7 Å². The normalized spacial score (nSPS) is 18.1. The van der Waals surface area contributed by atoms with E-state index in [2.05, 4.69) is 11.4 Å². The molecule has 2 aromatic rings. The van der Waals surface area contributed by atoms with E-state index in [1.54, 1.807) is 13.2 Å². The lowest BCUT2D eigenvalue weighted by Crippen LogP contribution is -2.34. The molecule has 0 saturated carbocycles. The maximum atomic E-state index is 14.6. The van der Waals surface area contributed by atoms with Gasteiger partial charge < -0.3 is 24.6 Å². The minimum Gasteiger partial charge on any atom is -0.496 e. The average Bonchev–Trinajstić information content (AvgIpc) is 3.37. The van der Waals surface area contributed by atoms with Crippen molar-refractivity contribution >= 4 is 11.8 Å². The van der Waals surface area contributed by atoms with E-state index in [1.165, 1.54) is 18.7 Å². The summed E-state index contributed by atoms with van der Waals surface area (Å²) in [5.74, 6) is 0.342. The van der Waals surface area contributed by atoms with Crippen LogP contribution in [0.25, 0.3) is 0 Å². The number of aryl methyl sites for hydroxylation is 2. The van der Waals surface area contributed by atoms with Crippen LogP contribution in [0.2, 0.25) is 0 Å². The van der Waals surface area contributed by atoms with Crippen LogP contribution in [0.4, 0.5) is 10.2 Å². The van der Waals surface area contributed by atoms with Crippen LogP contribution in [0.3, 0.4) is 0 Å². The molecule has 2 atom stereocenters. The number of anilines is 1. The maximum absolute atomic E-state index is 14.6. The first-order valence-corrected chi connectivity index (χ1v) is 13.7. The summed E-state index contributed by atoms with van der Waals surface area (Å²) in [7, 11) is 3.09. The Hall–Kier alpha value is -2.91. The number of rotatable bonds is 13. The number of hydrogen-bond donors (Lipinski definition) is 2. The number of aliphatic carboxylic acids is 1. The van der Waals surface area contributed by atoms with Gasteiger partial charge in [0.2, 0.25) is 0 Å². The largest absolute Gasteiger partial charge is 0.496 e. The van der Waals surface area contributed by atoms with E-state index in [9.17, 15) is 14.3 Å². The molecule has 1 aromatic carbocycles. The van der Waals surface area contributed by atoms with E-state index in [0.717, 1.165) is 74.3 Å². The monoisotopic (exact) mass is 529 g/mol. The van der Waals surface area contributed by atoms with Gasteiger partial charge >= 0.3 is 5.97 Å². The molecule has 208 valence electrons. The van der Waals surface area contributed by atoms with Crippen molar-refractivity contribution < 1.29 is 28.5 Å². The number of likely N-dealkylation sites (tertiary alicyclic amines) is 1. The van der Waals surface area contributed by atoms with Gasteiger partial charge in [0, 0.05) is 49.1 Å². The van der Waals surface area contributed by atoms with Crippen LogP contribution < -0.4 is 14.8 Å². The van der Waals surface area contributed by atoms with Gasteiger partial charge in [-0.2, -0.15) is 0 Å². The zero-order chi connectivity index (χ0) is 27.1. The molecule has 0 bridgehead atoms. The third-order valence-corrected chi connectivity index (χ3v) is 7.50. The number of halogens is 1. The number of pyridine rings is 1. The molecule has 3 heterocycles. The highest BCUT2D eigenvalue weighted by molar-refractivity contribution is 5.77. The number of nitrogens with one attached hydrogen (secondary N) is 1. The molecule has 2 aliphatic heterocycles. The molecule has 9 heteroatoms. The van der Waals surface area contributed by atoms with Crippen LogP contribution in [0.5, 0.6) is 11.5 Å². The number of aromatic nitrogens is 1. The number of unbranched alkanes of at least 4 members (excludes halogenated alkanes) is 2. The molecule has 1 aromatic heterocycles. The van der Waals surface area contributed by atoms with Gasteiger partial charge in [-0.15, -0.1) is 0 Å². The summed E-state index contributed by atoms with van der Waals surface area (Å²) in [6.07, 6.45) is 7.25. The summed E-state index contributed by atoms with van der Waals surface area (Å²) in [6, 6.07) is 4.24. The predicted octanol–water partition coefficient (Wildman–Crippen LogP) is 4.79. The summed E-state index contributed by atoms with van der Waals surface area (Å²) in [6.45, 7) is 4.55. The second-order valence-corrected chi connectivity index (χ2v) is 10.1. The Balaban J connectivity index is 1.25. The molecule has 4 rings (SSSR count). The number of carboxylic acids is 1. The number of fused-ring (bicyclic) bond motifs is 1. The van der Waals surface area contributed by atoms with Gasteiger partial charge in [-0.3, -0.25) is 9.69 Å². The standard InChI is InChI=1S/C29H40FN3O5/c1-4-19-15-23(27(37-3)24(30)16-19)26(29(34)35)33-13-11-21(18-33)38-14-7-5-6-9-20-17-25(36-2)22-10-8-12-31-28(22)32-20/h15-17,21,26H,4-14,18H2,1-3H3,(H,31,32)(H,34,35)/t21-,26+/m1/s1. The smallest absolute Gasteiger partial charge is 0.325 e. The van der Waals surface area contributed by atoms with Crippen LogP contribution in [0.1, 0.15) is 67.5 Å². The fraction of sp³-hybridized carbons (Fsp3) is 0.586. The third-order valence-electron chi connectivity index (χ3n) is 7.50. The van der Waals surface area contributed by atoms with Gasteiger partial charge in [-0.25, -0.2) is 9.37 Å². The van der Waals surface area contributed by atoms with Gasteiger partial charge in [0.15, 0.2) is 11.6 Å². The molecule has 2 N–H and O–H groups in total. The highest BCUT2D eigenvalue weighted by Crippen LogP contribution is 2.36. The Labute approximate surface area is 224 Å². The predicted molar refractivity (Wildman–Crippen MR) is 144 cm³/mol. The van der Waals surface area contributed by atoms with Crippen LogP contribution >= 0.6 is 0 Å². The van der Waals surface area contributed by atoms with E-state index >= 15 is 0 Å². The number of carbonyl (C=O) groups is 1. The fourth-order valence-electron chi connectivity index (χ4n) is 5.51. The van der Waals surface area contributed by atoms with Crippen molar-refractivity contribution in [2.75, 3.05) is 45.8 Å². The summed E-state index contributed by atoms with van der Waals surface area (Å²) in [5, 5.41) is 13.4. The number of methoxy groups -OCH3 is 2. The van der Waals surface area contributed by atoms with Gasteiger partial charge in [-0.1, -0.05) is 13.3 Å². The van der Waals surface area contributed by atoms with Gasteiger partial charge in [0.25, 0.3) is 0 Å². The van der Waals surface area contributed by atoms with E-state index in [-0.39, 0.29) is 11.9 Å². The van der Waals surface area contributed by atoms with E-state index in [1.807, 2.05) is 11.8 Å². The molecule has 1 saturated heterocycles. The summed E-state index contributed by atoms with van der Waals surface area (Å²) in [4.78, 5) is 18.9. The Morgan fingerprint density at radius 2 is 2.08 bits per heavy atom. The van der Waals surface area contributed by atoms with Crippen molar-refractivity contribution in [3.63, 3.8) is 0 Å². The van der Waals surface area contributed by atoms with Gasteiger partial charge in [-0.05, 0) is 62.6 Å². The van der Waals surface area contributed by atoms with Crippen molar-refractivity contribution in [2.45, 2.75) is 70.4 Å². The SMILES string of the molecule is CCc1cc(F)c(OC)c([C@@H](C(=O)O)N2CC[C@@H](OCCCCCc3cc(OC)c4c(n3)NCCC4)C2)c1. The molecular formula is C29H40FN3O5. The molecule has 38 heavy (non-hydrogen) atoms. The van der Waals surface area contributed by atoms with Gasteiger partial charge in [0.1, 0.15) is 17.6 Å². The minimum atomic E-state index is -1.01. The number of ether oxygens (including phenoxy) is 3. The molecule has 0 radical (unpaired) electrons. The van der Waals surface area contributed by atoms with Crippen molar-refractivity contribution in [3.05, 3.63) is 46.4 Å². The lowest BCUT2D eigenvalue weighted by Gasteiger charge is -2.26. The third kappa shape index (κ3) is 6.56. The first-order chi connectivity index (χ1) is 18.4. The quantitative estimate of drug-likeness (QED) is 0.358. The lowest BCUT2D eigenvalue weighted by molar-refractivity contribution is -0.143. The molecule has 0 unspecified atom stereocenters. The van der Waals surface area contributed by atoms with Gasteiger partial charge in [0.05, 0.1) is 20.3 Å². The van der Waals surface area contributed by atoms with Crippen molar-refractivity contribution in [3.8, 4) is 11.5 Å². The number of carboxylic acid groups (broad SMARTS) is 1.